The molecule has 0 bridgehead atoms. The van der Waals surface area contributed by atoms with Crippen LogP contribution in [0, 0.1) is 0 Å². The number of benzene rings is 1. The molecule has 1 aliphatic rings. The van der Waals surface area contributed by atoms with Crippen LogP contribution in [0.15, 0.2) is 41.1 Å². The fourth-order valence-corrected chi connectivity index (χ4v) is 2.96. The lowest BCUT2D eigenvalue weighted by atomic mass is 10.1. The standard InChI is InChI=1S/C18H19N3O3/c1-12(22)16-4-5-17(24-16)13-2-3-15-14(10-13)18(20-11-19-15)21-6-8-23-9-7-21/h2-5,10-12,22H,6-9H2,1H3. The molecular weight excluding hydrogens is 306 g/mol. The summed E-state index contributed by atoms with van der Waals surface area (Å²) in [4.78, 5) is 11.1. The molecule has 4 rings (SSSR count). The minimum absolute atomic E-state index is 0.558. The average Bonchev–Trinajstić information content (AvgIpc) is 3.12. The second kappa shape index (κ2) is 6.22. The Kier molecular flexibility index (Phi) is 3.92. The number of aliphatic hydroxyl groups is 1. The highest BCUT2D eigenvalue weighted by atomic mass is 16.5. The van der Waals surface area contributed by atoms with Gasteiger partial charge < -0.3 is 19.2 Å². The van der Waals surface area contributed by atoms with Gasteiger partial charge in [-0.3, -0.25) is 0 Å². The molecule has 1 atom stereocenters. The molecule has 3 aromatic rings. The third kappa shape index (κ3) is 2.74. The van der Waals surface area contributed by atoms with E-state index >= 15 is 0 Å². The van der Waals surface area contributed by atoms with Crippen LogP contribution in [0.5, 0.6) is 0 Å². The summed E-state index contributed by atoms with van der Waals surface area (Å²) in [7, 11) is 0. The van der Waals surface area contributed by atoms with Crippen LogP contribution in [0.1, 0.15) is 18.8 Å². The van der Waals surface area contributed by atoms with Crippen molar-refractivity contribution in [3.05, 3.63) is 42.4 Å². The number of rotatable bonds is 3. The highest BCUT2D eigenvalue weighted by molar-refractivity contribution is 5.92. The number of morpholine rings is 1. The van der Waals surface area contributed by atoms with Crippen LogP contribution in [0.2, 0.25) is 0 Å². The molecule has 1 N–H and O–H groups in total. The van der Waals surface area contributed by atoms with Crippen LogP contribution < -0.4 is 4.90 Å². The van der Waals surface area contributed by atoms with E-state index < -0.39 is 6.10 Å². The van der Waals surface area contributed by atoms with Gasteiger partial charge in [0.1, 0.15) is 29.8 Å². The van der Waals surface area contributed by atoms with Crippen molar-refractivity contribution in [1.82, 2.24) is 9.97 Å². The average molecular weight is 325 g/mol. The Morgan fingerprint density at radius 3 is 2.71 bits per heavy atom. The van der Waals surface area contributed by atoms with E-state index in [0.717, 1.165) is 41.1 Å². The van der Waals surface area contributed by atoms with E-state index in [0.29, 0.717) is 19.0 Å². The van der Waals surface area contributed by atoms with E-state index in [1.54, 1.807) is 19.3 Å². The maximum atomic E-state index is 9.64. The van der Waals surface area contributed by atoms with Crippen molar-refractivity contribution in [1.29, 1.82) is 0 Å². The maximum absolute atomic E-state index is 9.64. The van der Waals surface area contributed by atoms with Gasteiger partial charge in [-0.1, -0.05) is 0 Å². The molecule has 3 heterocycles. The molecule has 0 radical (unpaired) electrons. The topological polar surface area (TPSA) is 71.6 Å². The number of anilines is 1. The molecule has 0 amide bonds. The van der Waals surface area contributed by atoms with Gasteiger partial charge in [-0.15, -0.1) is 0 Å². The summed E-state index contributed by atoms with van der Waals surface area (Å²) in [5.74, 6) is 2.21. The number of furan rings is 1. The highest BCUT2D eigenvalue weighted by Gasteiger charge is 2.17. The minimum Gasteiger partial charge on any atom is -0.458 e. The predicted octanol–water partition coefficient (Wildman–Crippen LogP) is 2.78. The van der Waals surface area contributed by atoms with E-state index in [9.17, 15) is 5.11 Å². The Bertz CT molecular complexity index is 854. The summed E-state index contributed by atoms with van der Waals surface area (Å²) in [5.41, 5.74) is 1.84. The fourth-order valence-electron chi connectivity index (χ4n) is 2.96. The molecule has 2 aromatic heterocycles. The third-order valence-electron chi connectivity index (χ3n) is 4.25. The SMILES string of the molecule is CC(O)c1ccc(-c2ccc3ncnc(N4CCOCC4)c3c2)o1. The normalized spacial score (nSPS) is 16.5. The van der Waals surface area contributed by atoms with Crippen LogP contribution in [-0.4, -0.2) is 41.4 Å². The van der Waals surface area contributed by atoms with E-state index in [1.165, 1.54) is 0 Å². The van der Waals surface area contributed by atoms with Gasteiger partial charge in [0.15, 0.2) is 0 Å². The van der Waals surface area contributed by atoms with Gasteiger partial charge in [0.25, 0.3) is 0 Å². The Morgan fingerprint density at radius 2 is 1.96 bits per heavy atom. The van der Waals surface area contributed by atoms with Gasteiger partial charge in [-0.25, -0.2) is 9.97 Å². The van der Waals surface area contributed by atoms with Gasteiger partial charge >= 0.3 is 0 Å². The molecule has 1 fully saturated rings. The Balaban J connectivity index is 1.78. The summed E-state index contributed by atoms with van der Waals surface area (Å²) in [6, 6.07) is 9.67. The van der Waals surface area contributed by atoms with E-state index in [2.05, 4.69) is 14.9 Å². The smallest absolute Gasteiger partial charge is 0.140 e. The first-order chi connectivity index (χ1) is 11.7. The largest absolute Gasteiger partial charge is 0.458 e. The van der Waals surface area contributed by atoms with Crippen molar-refractivity contribution >= 4 is 16.7 Å². The second-order valence-electron chi connectivity index (χ2n) is 5.91. The molecular formula is C18H19N3O3. The van der Waals surface area contributed by atoms with E-state index in [1.807, 2.05) is 24.3 Å². The quantitative estimate of drug-likeness (QED) is 0.798. The highest BCUT2D eigenvalue weighted by Crippen LogP contribution is 2.31. The first-order valence-corrected chi connectivity index (χ1v) is 8.08. The van der Waals surface area contributed by atoms with Crippen LogP contribution >= 0.6 is 0 Å². The number of aliphatic hydroxyl groups excluding tert-OH is 1. The molecule has 6 heteroatoms. The van der Waals surface area contributed by atoms with Crippen LogP contribution in [0.3, 0.4) is 0 Å². The summed E-state index contributed by atoms with van der Waals surface area (Å²) in [6.45, 7) is 4.75. The molecule has 6 nitrogen and oxygen atoms in total. The zero-order valence-electron chi connectivity index (χ0n) is 13.5. The third-order valence-corrected chi connectivity index (χ3v) is 4.25. The predicted molar refractivity (Wildman–Crippen MR) is 90.9 cm³/mol. The first-order valence-electron chi connectivity index (χ1n) is 8.08. The van der Waals surface area contributed by atoms with Crippen molar-refractivity contribution in [2.45, 2.75) is 13.0 Å². The summed E-state index contributed by atoms with van der Waals surface area (Å²) < 4.78 is 11.2. The molecule has 24 heavy (non-hydrogen) atoms. The Morgan fingerprint density at radius 1 is 1.12 bits per heavy atom. The van der Waals surface area contributed by atoms with E-state index in [-0.39, 0.29) is 0 Å². The number of fused-ring (bicyclic) bond motifs is 1. The molecule has 124 valence electrons. The van der Waals surface area contributed by atoms with Crippen molar-refractivity contribution in [2.75, 3.05) is 31.2 Å². The van der Waals surface area contributed by atoms with E-state index in [4.69, 9.17) is 9.15 Å². The van der Waals surface area contributed by atoms with Gasteiger partial charge in [-0.05, 0) is 37.3 Å². The van der Waals surface area contributed by atoms with Gasteiger partial charge in [0.05, 0.1) is 18.7 Å². The number of nitrogens with zero attached hydrogens (tertiary/aromatic N) is 3. The van der Waals surface area contributed by atoms with Crippen molar-refractivity contribution in [3.8, 4) is 11.3 Å². The molecule has 0 saturated carbocycles. The molecule has 0 spiro atoms. The molecule has 1 saturated heterocycles. The summed E-state index contributed by atoms with van der Waals surface area (Å²) in [5, 5.41) is 10.6. The zero-order chi connectivity index (χ0) is 16.5. The lowest BCUT2D eigenvalue weighted by Crippen LogP contribution is -2.36. The van der Waals surface area contributed by atoms with Crippen molar-refractivity contribution in [2.24, 2.45) is 0 Å². The zero-order valence-corrected chi connectivity index (χ0v) is 13.5. The summed E-state index contributed by atoms with van der Waals surface area (Å²) >= 11 is 0. The molecule has 1 aromatic carbocycles. The Hall–Kier alpha value is -2.44. The molecule has 1 unspecified atom stereocenters. The molecule has 1 aliphatic heterocycles. The lowest BCUT2D eigenvalue weighted by Gasteiger charge is -2.28. The minimum atomic E-state index is -0.619. The second-order valence-corrected chi connectivity index (χ2v) is 5.91. The van der Waals surface area contributed by atoms with Gasteiger partial charge in [-0.2, -0.15) is 0 Å². The number of hydrogen-bond donors (Lipinski definition) is 1. The molecule has 0 aliphatic carbocycles. The van der Waals surface area contributed by atoms with Crippen LogP contribution in [-0.2, 0) is 4.74 Å². The van der Waals surface area contributed by atoms with Crippen LogP contribution in [0.25, 0.3) is 22.2 Å². The number of aromatic nitrogens is 2. The Labute approximate surface area is 139 Å². The van der Waals surface area contributed by atoms with Crippen LogP contribution in [0.4, 0.5) is 5.82 Å². The lowest BCUT2D eigenvalue weighted by molar-refractivity contribution is 0.122. The number of hydrogen-bond acceptors (Lipinski definition) is 6. The monoisotopic (exact) mass is 325 g/mol. The maximum Gasteiger partial charge on any atom is 0.140 e. The van der Waals surface area contributed by atoms with Gasteiger partial charge in [0, 0.05) is 24.0 Å². The first kappa shape index (κ1) is 15.1. The van der Waals surface area contributed by atoms with Crippen molar-refractivity contribution in [3.63, 3.8) is 0 Å². The number of ether oxygens (including phenoxy) is 1. The fraction of sp³-hybridized carbons (Fsp3) is 0.333. The van der Waals surface area contributed by atoms with Crippen molar-refractivity contribution < 1.29 is 14.3 Å². The van der Waals surface area contributed by atoms with Gasteiger partial charge in [0.2, 0.25) is 0 Å². The summed E-state index contributed by atoms with van der Waals surface area (Å²) in [6.07, 6.45) is 0.983.